The molecule has 0 atom stereocenters. The fourth-order valence-corrected chi connectivity index (χ4v) is 2.16. The highest BCUT2D eigenvalue weighted by Crippen LogP contribution is 2.25. The van der Waals surface area contributed by atoms with Crippen molar-refractivity contribution >= 4 is 27.9 Å². The lowest BCUT2D eigenvalue weighted by molar-refractivity contribution is -0.119. The highest BCUT2D eigenvalue weighted by Gasteiger charge is 2.25. The zero-order valence-electron chi connectivity index (χ0n) is 12.9. The van der Waals surface area contributed by atoms with Crippen LogP contribution >= 0.6 is 0 Å². The van der Waals surface area contributed by atoms with E-state index in [9.17, 15) is 18.0 Å². The monoisotopic (exact) mass is 350 g/mol. The van der Waals surface area contributed by atoms with Gasteiger partial charge in [-0.05, 0) is 12.1 Å². The van der Waals surface area contributed by atoms with E-state index in [0.29, 0.717) is 6.26 Å². The molecule has 0 aliphatic carbocycles. The van der Waals surface area contributed by atoms with Gasteiger partial charge in [-0.25, -0.2) is 4.90 Å². The average Bonchev–Trinajstić information content (AvgIpc) is 2.88. The molecule has 0 unspecified atom stereocenters. The van der Waals surface area contributed by atoms with E-state index in [-0.39, 0.29) is 11.4 Å². The summed E-state index contributed by atoms with van der Waals surface area (Å²) in [7, 11) is -4.42. The third-order valence-corrected chi connectivity index (χ3v) is 3.14. The highest BCUT2D eigenvalue weighted by atomic mass is 32.3. The Bertz CT molecular complexity index is 803. The molecule has 1 aromatic rings. The predicted octanol–water partition coefficient (Wildman–Crippen LogP) is 1.82. The minimum atomic E-state index is -4.42. The first kappa shape index (κ1) is 18.9. The molecule has 1 heterocycles. The number of benzene rings is 1. The second kappa shape index (κ2) is 8.50. The van der Waals surface area contributed by atoms with Crippen molar-refractivity contribution < 1.29 is 26.4 Å². The third kappa shape index (κ3) is 4.96. The molecule has 0 radical (unpaired) electrons. The summed E-state index contributed by atoms with van der Waals surface area (Å²) in [5.41, 5.74) is 0.153. The molecule has 8 nitrogen and oxygen atoms in total. The summed E-state index contributed by atoms with van der Waals surface area (Å²) in [6.45, 7) is 4.00. The van der Waals surface area contributed by atoms with Crippen molar-refractivity contribution in [1.82, 2.24) is 0 Å². The number of carbonyl (C=O) groups is 2. The second-order valence-electron chi connectivity index (χ2n) is 3.86. The summed E-state index contributed by atoms with van der Waals surface area (Å²) in [6, 6.07) is 6.89. The largest absolute Gasteiger partial charge is 0.500 e. The molecular weight excluding hydrogens is 336 g/mol. The first-order valence-corrected chi connectivity index (χ1v) is 8.10. The number of imide groups is 1. The Morgan fingerprint density at radius 2 is 1.79 bits per heavy atom. The van der Waals surface area contributed by atoms with E-state index < -0.39 is 22.2 Å². The second-order valence-corrected chi connectivity index (χ2v) is 5.04. The van der Waals surface area contributed by atoms with Gasteiger partial charge in [0.1, 0.15) is 12.0 Å². The quantitative estimate of drug-likeness (QED) is 0.452. The van der Waals surface area contributed by atoms with Crippen molar-refractivity contribution in [2.75, 3.05) is 4.90 Å². The summed E-state index contributed by atoms with van der Waals surface area (Å²) in [5.74, 6) is -1.24. The minimum Gasteiger partial charge on any atom is -0.360 e. The molecule has 1 aliphatic heterocycles. The zero-order valence-corrected chi connectivity index (χ0v) is 13.7. The molecule has 126 valence electrons. The first-order chi connectivity index (χ1) is 11.4. The van der Waals surface area contributed by atoms with Gasteiger partial charge in [-0.15, -0.1) is 8.42 Å². The number of hydrogen-bond acceptors (Lipinski definition) is 7. The van der Waals surface area contributed by atoms with Crippen molar-refractivity contribution in [3.05, 3.63) is 48.8 Å². The number of amides is 2. The molecule has 9 heteroatoms. The molecular formula is C15H14N2O6S. The maximum absolute atomic E-state index is 11.6. The molecule has 0 aromatic heterocycles. The van der Waals surface area contributed by atoms with Gasteiger partial charge >= 0.3 is 10.4 Å². The van der Waals surface area contributed by atoms with Gasteiger partial charge in [0.2, 0.25) is 0 Å². The Hall–Kier alpha value is -3.12. The molecule has 1 aliphatic rings. The Morgan fingerprint density at radius 3 is 2.38 bits per heavy atom. The smallest absolute Gasteiger partial charge is 0.360 e. The van der Waals surface area contributed by atoms with Gasteiger partial charge in [-0.1, -0.05) is 19.9 Å². The number of carbonyl (C=O) groups excluding carboxylic acids is 2. The Kier molecular flexibility index (Phi) is 6.70. The summed E-state index contributed by atoms with van der Waals surface area (Å²) in [6.07, 6.45) is 3.66. The Morgan fingerprint density at radius 1 is 1.17 bits per heavy atom. The van der Waals surface area contributed by atoms with Crippen LogP contribution in [0.15, 0.2) is 48.8 Å². The molecule has 24 heavy (non-hydrogen) atoms. The van der Waals surface area contributed by atoms with Gasteiger partial charge < -0.3 is 8.37 Å². The van der Waals surface area contributed by atoms with Crippen LogP contribution in [0.5, 0.6) is 5.75 Å². The van der Waals surface area contributed by atoms with Crippen LogP contribution in [0.4, 0.5) is 5.69 Å². The summed E-state index contributed by atoms with van der Waals surface area (Å²) < 4.78 is 31.8. The fourth-order valence-electron chi connectivity index (χ4n) is 1.59. The van der Waals surface area contributed by atoms with Crippen molar-refractivity contribution in [3.8, 4) is 11.8 Å². The van der Waals surface area contributed by atoms with Crippen molar-refractivity contribution in [1.29, 1.82) is 5.26 Å². The summed E-state index contributed by atoms with van der Waals surface area (Å²) >= 11 is 0. The lowest BCUT2D eigenvalue weighted by Gasteiger charge is -2.14. The normalized spacial score (nSPS) is 13.5. The Balaban J connectivity index is 0.00000139. The van der Waals surface area contributed by atoms with Gasteiger partial charge in [0.15, 0.2) is 0 Å². The van der Waals surface area contributed by atoms with Crippen LogP contribution in [0.25, 0.3) is 0 Å². The standard InChI is InChI=1S/C13H8N2O6S.C2H6/c14-7-2-8-20-22(18,19)21-11-4-1-3-10(9-11)15-12(16)5-6-13(15)17;1-2/h1-6,8-9H;1-2H3/b8-2+;. The average molecular weight is 350 g/mol. The van der Waals surface area contributed by atoms with Crippen LogP contribution < -0.4 is 9.08 Å². The van der Waals surface area contributed by atoms with Crippen LogP contribution in [0, 0.1) is 11.3 Å². The lowest BCUT2D eigenvalue weighted by atomic mass is 10.3. The van der Waals surface area contributed by atoms with Crippen LogP contribution in [-0.4, -0.2) is 20.2 Å². The van der Waals surface area contributed by atoms with E-state index in [4.69, 9.17) is 5.26 Å². The number of hydrogen-bond donors (Lipinski definition) is 0. The molecule has 0 saturated carbocycles. The first-order valence-electron chi connectivity index (χ1n) is 6.76. The van der Waals surface area contributed by atoms with E-state index in [1.165, 1.54) is 24.3 Å². The minimum absolute atomic E-state index is 0.153. The summed E-state index contributed by atoms with van der Waals surface area (Å²) in [4.78, 5) is 24.0. The number of nitrogens with zero attached hydrogens (tertiary/aromatic N) is 2. The number of anilines is 1. The number of rotatable bonds is 5. The van der Waals surface area contributed by atoms with Crippen LogP contribution in [0.1, 0.15) is 13.8 Å². The number of nitriles is 1. The van der Waals surface area contributed by atoms with Gasteiger partial charge in [-0.3, -0.25) is 9.59 Å². The van der Waals surface area contributed by atoms with Crippen LogP contribution in [-0.2, 0) is 24.2 Å². The van der Waals surface area contributed by atoms with Crippen LogP contribution in [0.2, 0.25) is 0 Å². The molecule has 0 saturated heterocycles. The molecule has 0 N–H and O–H groups in total. The molecule has 2 rings (SSSR count). The van der Waals surface area contributed by atoms with E-state index in [0.717, 1.165) is 23.1 Å². The SMILES string of the molecule is CC.N#C/C=C/OS(=O)(=O)Oc1cccc(N2C(=O)C=CC2=O)c1. The van der Waals surface area contributed by atoms with Crippen LogP contribution in [0.3, 0.4) is 0 Å². The van der Waals surface area contributed by atoms with Gasteiger partial charge in [-0.2, -0.15) is 5.26 Å². The topological polar surface area (TPSA) is 114 Å². The van der Waals surface area contributed by atoms with Gasteiger partial charge in [0.05, 0.1) is 17.8 Å². The molecule has 2 amide bonds. The van der Waals surface area contributed by atoms with E-state index in [1.54, 1.807) is 6.07 Å². The Labute approximate surface area is 139 Å². The van der Waals surface area contributed by atoms with Crippen molar-refractivity contribution in [2.24, 2.45) is 0 Å². The van der Waals surface area contributed by atoms with E-state index in [2.05, 4.69) is 8.37 Å². The maximum atomic E-state index is 11.6. The van der Waals surface area contributed by atoms with Gasteiger partial charge in [0, 0.05) is 18.2 Å². The number of allylic oxidation sites excluding steroid dienone is 1. The molecule has 1 aromatic carbocycles. The highest BCUT2D eigenvalue weighted by molar-refractivity contribution is 7.82. The summed E-state index contributed by atoms with van der Waals surface area (Å²) in [5, 5.41) is 8.23. The molecule has 0 bridgehead atoms. The zero-order chi connectivity index (χ0) is 18.2. The maximum Gasteiger partial charge on any atom is 0.500 e. The lowest BCUT2D eigenvalue weighted by Crippen LogP contribution is -2.29. The van der Waals surface area contributed by atoms with Gasteiger partial charge in [0.25, 0.3) is 11.8 Å². The third-order valence-electron chi connectivity index (χ3n) is 2.40. The fraction of sp³-hybridized carbons (Fsp3) is 0.133. The predicted molar refractivity (Wildman–Crippen MR) is 84.8 cm³/mol. The van der Waals surface area contributed by atoms with E-state index in [1.807, 2.05) is 13.8 Å². The van der Waals surface area contributed by atoms with Crippen molar-refractivity contribution in [2.45, 2.75) is 13.8 Å². The molecule has 0 fully saturated rings. The van der Waals surface area contributed by atoms with Crippen molar-refractivity contribution in [3.63, 3.8) is 0 Å². The molecule has 0 spiro atoms. The van der Waals surface area contributed by atoms with E-state index >= 15 is 0 Å².